The van der Waals surface area contributed by atoms with Gasteiger partial charge in [0.25, 0.3) is 5.56 Å². The lowest BCUT2D eigenvalue weighted by Gasteiger charge is -2.08. The van der Waals surface area contributed by atoms with Crippen molar-refractivity contribution in [3.8, 4) is 0 Å². The summed E-state index contributed by atoms with van der Waals surface area (Å²) in [5, 5.41) is 0. The molecule has 2 rings (SSSR count). The van der Waals surface area contributed by atoms with Crippen LogP contribution in [0.25, 0.3) is 0 Å². The molecule has 2 unspecified atom stereocenters. The zero-order chi connectivity index (χ0) is 13.7. The number of hydrogen-bond acceptors (Lipinski definition) is 5. The van der Waals surface area contributed by atoms with E-state index >= 15 is 0 Å². The summed E-state index contributed by atoms with van der Waals surface area (Å²) in [5.74, 6) is 0. The maximum absolute atomic E-state index is 12.0. The van der Waals surface area contributed by atoms with Gasteiger partial charge in [-0.3, -0.25) is 9.36 Å². The van der Waals surface area contributed by atoms with Gasteiger partial charge in [0.05, 0.1) is 0 Å². The molecule has 2 atom stereocenters. The van der Waals surface area contributed by atoms with Crippen molar-refractivity contribution < 1.29 is 8.42 Å². The van der Waals surface area contributed by atoms with Crippen LogP contribution in [0.5, 0.6) is 0 Å². The first kappa shape index (κ1) is 13.0. The zero-order valence-corrected chi connectivity index (χ0v) is 10.8. The predicted octanol–water partition coefficient (Wildman–Crippen LogP) is -2.54. The summed E-state index contributed by atoms with van der Waals surface area (Å²) in [4.78, 5) is 22.8. The molecule has 1 fully saturated rings. The largest absolute Gasteiger partial charge is 0.330 e. The summed E-state index contributed by atoms with van der Waals surface area (Å²) in [6.45, 7) is 0. The summed E-state index contributed by atoms with van der Waals surface area (Å²) in [7, 11) is -1.34. The summed E-state index contributed by atoms with van der Waals surface area (Å²) in [6.07, 6.45) is 1.56. The molecule has 0 bridgehead atoms. The second-order valence-electron chi connectivity index (χ2n) is 4.38. The molecule has 0 radical (unpaired) electrons. The standard InChI is InChI=1S/C9H14N4O4S/c1-12-4-7(8(14)13(2)9(12)15)18(16,17)11-6-3-5(6)10/h4-6,11H,3,10H2,1-2H3. The maximum Gasteiger partial charge on any atom is 0.330 e. The molecular weight excluding hydrogens is 260 g/mol. The third-order valence-electron chi connectivity index (χ3n) is 2.85. The molecule has 0 saturated heterocycles. The zero-order valence-electron chi connectivity index (χ0n) is 9.95. The molecule has 8 nitrogen and oxygen atoms in total. The molecule has 1 aliphatic carbocycles. The van der Waals surface area contributed by atoms with Crippen molar-refractivity contribution >= 4 is 10.0 Å². The Morgan fingerprint density at radius 3 is 2.44 bits per heavy atom. The number of sulfonamides is 1. The summed E-state index contributed by atoms with van der Waals surface area (Å²) < 4.78 is 28.1. The summed E-state index contributed by atoms with van der Waals surface area (Å²) in [6, 6.07) is -0.548. The molecule has 0 amide bonds. The molecule has 0 aromatic carbocycles. The van der Waals surface area contributed by atoms with Crippen molar-refractivity contribution in [1.29, 1.82) is 0 Å². The first-order chi connectivity index (χ1) is 8.24. The van der Waals surface area contributed by atoms with Crippen LogP contribution in [0.1, 0.15) is 6.42 Å². The number of nitrogens with two attached hydrogens (primary N) is 1. The van der Waals surface area contributed by atoms with Gasteiger partial charge >= 0.3 is 5.69 Å². The van der Waals surface area contributed by atoms with Crippen LogP contribution in [0.2, 0.25) is 0 Å². The van der Waals surface area contributed by atoms with Gasteiger partial charge < -0.3 is 10.3 Å². The monoisotopic (exact) mass is 274 g/mol. The third kappa shape index (κ3) is 2.11. The Kier molecular flexibility index (Phi) is 2.92. The lowest BCUT2D eigenvalue weighted by molar-refractivity contribution is 0.569. The van der Waals surface area contributed by atoms with Gasteiger partial charge in [0.1, 0.15) is 0 Å². The van der Waals surface area contributed by atoms with E-state index in [0.29, 0.717) is 6.42 Å². The predicted molar refractivity (Wildman–Crippen MR) is 63.6 cm³/mol. The van der Waals surface area contributed by atoms with Crippen LogP contribution < -0.4 is 21.7 Å². The second kappa shape index (κ2) is 4.04. The van der Waals surface area contributed by atoms with E-state index in [9.17, 15) is 18.0 Å². The average Bonchev–Trinajstić information content (AvgIpc) is 2.95. The van der Waals surface area contributed by atoms with E-state index in [1.54, 1.807) is 0 Å². The molecule has 0 aliphatic heterocycles. The molecule has 9 heteroatoms. The van der Waals surface area contributed by atoms with E-state index in [0.717, 1.165) is 15.3 Å². The fourth-order valence-corrected chi connectivity index (χ4v) is 3.03. The maximum atomic E-state index is 12.0. The molecule has 1 aromatic rings. The van der Waals surface area contributed by atoms with Gasteiger partial charge in [-0.05, 0) is 6.42 Å². The Bertz CT molecular complexity index is 702. The summed E-state index contributed by atoms with van der Waals surface area (Å²) in [5.41, 5.74) is 4.08. The smallest absolute Gasteiger partial charge is 0.326 e. The van der Waals surface area contributed by atoms with Gasteiger partial charge in [-0.25, -0.2) is 17.9 Å². The Morgan fingerprint density at radius 2 is 1.94 bits per heavy atom. The van der Waals surface area contributed by atoms with E-state index < -0.39 is 26.2 Å². The average molecular weight is 274 g/mol. The topological polar surface area (TPSA) is 116 Å². The number of aryl methyl sites for hydroxylation is 1. The number of aromatic nitrogens is 2. The van der Waals surface area contributed by atoms with Gasteiger partial charge in [-0.2, -0.15) is 0 Å². The minimum absolute atomic E-state index is 0.212. The van der Waals surface area contributed by atoms with Crippen molar-refractivity contribution in [1.82, 2.24) is 13.9 Å². The van der Waals surface area contributed by atoms with Crippen molar-refractivity contribution in [3.05, 3.63) is 27.0 Å². The third-order valence-corrected chi connectivity index (χ3v) is 4.32. The Hall–Kier alpha value is -1.45. The Labute approximate surface area is 103 Å². The molecule has 0 spiro atoms. The van der Waals surface area contributed by atoms with Crippen LogP contribution in [0.4, 0.5) is 0 Å². The van der Waals surface area contributed by atoms with Gasteiger partial charge in [-0.1, -0.05) is 0 Å². The first-order valence-corrected chi connectivity index (χ1v) is 6.77. The molecule has 1 heterocycles. The van der Waals surface area contributed by atoms with Crippen molar-refractivity contribution in [2.45, 2.75) is 23.4 Å². The number of nitrogens with one attached hydrogen (secondary N) is 1. The lowest BCUT2D eigenvalue weighted by atomic mass is 10.6. The fraction of sp³-hybridized carbons (Fsp3) is 0.556. The van der Waals surface area contributed by atoms with E-state index in [2.05, 4.69) is 4.72 Å². The van der Waals surface area contributed by atoms with Gasteiger partial charge in [0, 0.05) is 32.4 Å². The molecular formula is C9H14N4O4S. The Morgan fingerprint density at radius 1 is 1.39 bits per heavy atom. The minimum Gasteiger partial charge on any atom is -0.326 e. The van der Waals surface area contributed by atoms with Gasteiger partial charge in [0.15, 0.2) is 4.90 Å². The minimum atomic E-state index is -3.95. The highest BCUT2D eigenvalue weighted by molar-refractivity contribution is 7.89. The van der Waals surface area contributed by atoms with E-state index in [4.69, 9.17) is 5.73 Å². The van der Waals surface area contributed by atoms with Crippen molar-refractivity contribution in [3.63, 3.8) is 0 Å². The summed E-state index contributed by atoms with van der Waals surface area (Å²) >= 11 is 0. The fourth-order valence-electron chi connectivity index (χ4n) is 1.57. The van der Waals surface area contributed by atoms with E-state index in [1.165, 1.54) is 14.1 Å². The molecule has 1 aromatic heterocycles. The number of nitrogens with zero attached hydrogens (tertiary/aromatic N) is 2. The van der Waals surface area contributed by atoms with Gasteiger partial charge in [-0.15, -0.1) is 0 Å². The van der Waals surface area contributed by atoms with Crippen LogP contribution in [-0.2, 0) is 24.1 Å². The van der Waals surface area contributed by atoms with Crippen LogP contribution >= 0.6 is 0 Å². The highest BCUT2D eigenvalue weighted by atomic mass is 32.2. The van der Waals surface area contributed by atoms with Gasteiger partial charge in [0.2, 0.25) is 10.0 Å². The van der Waals surface area contributed by atoms with E-state index in [1.807, 2.05) is 0 Å². The van der Waals surface area contributed by atoms with E-state index in [-0.39, 0.29) is 12.1 Å². The normalized spacial score (nSPS) is 23.1. The van der Waals surface area contributed by atoms with Crippen LogP contribution in [0, 0.1) is 0 Å². The molecule has 1 saturated carbocycles. The van der Waals surface area contributed by atoms with Crippen LogP contribution in [0.15, 0.2) is 20.7 Å². The molecule has 3 N–H and O–H groups in total. The molecule has 100 valence electrons. The quantitative estimate of drug-likeness (QED) is 0.630. The van der Waals surface area contributed by atoms with Crippen LogP contribution in [0.3, 0.4) is 0 Å². The highest BCUT2D eigenvalue weighted by Gasteiger charge is 2.38. The number of hydrogen-bond donors (Lipinski definition) is 2. The molecule has 1 aliphatic rings. The first-order valence-electron chi connectivity index (χ1n) is 5.28. The highest BCUT2D eigenvalue weighted by Crippen LogP contribution is 2.20. The second-order valence-corrected chi connectivity index (χ2v) is 6.06. The number of rotatable bonds is 3. The van der Waals surface area contributed by atoms with Crippen molar-refractivity contribution in [2.24, 2.45) is 19.8 Å². The van der Waals surface area contributed by atoms with Crippen molar-refractivity contribution in [2.75, 3.05) is 0 Å². The van der Waals surface area contributed by atoms with Crippen LogP contribution in [-0.4, -0.2) is 29.6 Å². The SMILES string of the molecule is Cn1cc(S(=O)(=O)NC2CC2N)c(=O)n(C)c1=O. The molecule has 18 heavy (non-hydrogen) atoms. The Balaban J connectivity index is 2.51. The lowest BCUT2D eigenvalue weighted by Crippen LogP contribution is -2.42.